The van der Waals surface area contributed by atoms with E-state index in [4.69, 9.17) is 0 Å². The first-order valence-corrected chi connectivity index (χ1v) is 4.77. The molecule has 0 aromatic heterocycles. The summed E-state index contributed by atoms with van der Waals surface area (Å²) < 4.78 is 0. The largest absolute Gasteiger partial charge is 0.309 e. The molecular weight excluding hydrogens is 158 g/mol. The molecule has 0 atom stereocenters. The average molecular weight is 175 g/mol. The molecule has 0 saturated heterocycles. The Balaban J connectivity index is 2.58. The van der Waals surface area contributed by atoms with E-state index in [9.17, 15) is 0 Å². The summed E-state index contributed by atoms with van der Waals surface area (Å²) in [5.74, 6) is 0. The van der Waals surface area contributed by atoms with Crippen LogP contribution in [0.3, 0.4) is 0 Å². The van der Waals surface area contributed by atoms with E-state index in [1.165, 1.54) is 11.1 Å². The third-order valence-electron chi connectivity index (χ3n) is 2.10. The molecule has 70 valence electrons. The van der Waals surface area contributed by atoms with E-state index in [1.807, 2.05) is 6.08 Å². The highest BCUT2D eigenvalue weighted by molar-refractivity contribution is 5.26. The molecule has 0 aliphatic carbocycles. The fourth-order valence-electron chi connectivity index (χ4n) is 1.38. The van der Waals surface area contributed by atoms with Gasteiger partial charge in [0.05, 0.1) is 0 Å². The van der Waals surface area contributed by atoms with Crippen molar-refractivity contribution >= 4 is 0 Å². The summed E-state index contributed by atoms with van der Waals surface area (Å²) in [4.78, 5) is 0. The van der Waals surface area contributed by atoms with Crippen molar-refractivity contribution in [3.8, 4) is 0 Å². The predicted molar refractivity (Wildman–Crippen MR) is 57.7 cm³/mol. The SMILES string of the molecule is C=CCNCc1ccccc1CC. The highest BCUT2D eigenvalue weighted by Gasteiger charge is 1.97. The third kappa shape index (κ3) is 3.03. The van der Waals surface area contributed by atoms with Crippen LogP contribution in [0.4, 0.5) is 0 Å². The molecule has 1 rings (SSSR count). The van der Waals surface area contributed by atoms with Gasteiger partial charge in [0.25, 0.3) is 0 Å². The van der Waals surface area contributed by atoms with Crippen LogP contribution in [0.15, 0.2) is 36.9 Å². The van der Waals surface area contributed by atoms with Crippen molar-refractivity contribution in [1.82, 2.24) is 5.32 Å². The van der Waals surface area contributed by atoms with Gasteiger partial charge < -0.3 is 5.32 Å². The molecular formula is C12H17N. The van der Waals surface area contributed by atoms with Crippen molar-refractivity contribution in [3.05, 3.63) is 48.0 Å². The molecule has 1 aromatic carbocycles. The van der Waals surface area contributed by atoms with Gasteiger partial charge in [0, 0.05) is 13.1 Å². The van der Waals surface area contributed by atoms with E-state index in [0.29, 0.717) is 0 Å². The van der Waals surface area contributed by atoms with Gasteiger partial charge in [0.1, 0.15) is 0 Å². The molecule has 0 spiro atoms. The second-order valence-corrected chi connectivity index (χ2v) is 3.04. The van der Waals surface area contributed by atoms with Crippen molar-refractivity contribution in [3.63, 3.8) is 0 Å². The number of benzene rings is 1. The Hall–Kier alpha value is -1.08. The van der Waals surface area contributed by atoms with Gasteiger partial charge in [-0.3, -0.25) is 0 Å². The van der Waals surface area contributed by atoms with E-state index in [-0.39, 0.29) is 0 Å². The van der Waals surface area contributed by atoms with Crippen LogP contribution < -0.4 is 5.32 Å². The van der Waals surface area contributed by atoms with Gasteiger partial charge in [0.15, 0.2) is 0 Å². The number of nitrogens with one attached hydrogen (secondary N) is 1. The Morgan fingerprint density at radius 3 is 2.62 bits per heavy atom. The minimum Gasteiger partial charge on any atom is -0.309 e. The van der Waals surface area contributed by atoms with Crippen LogP contribution in [0.1, 0.15) is 18.1 Å². The van der Waals surface area contributed by atoms with Crippen molar-refractivity contribution in [2.24, 2.45) is 0 Å². The maximum atomic E-state index is 3.67. The van der Waals surface area contributed by atoms with Gasteiger partial charge in [-0.05, 0) is 17.5 Å². The van der Waals surface area contributed by atoms with Crippen LogP contribution >= 0.6 is 0 Å². The van der Waals surface area contributed by atoms with Gasteiger partial charge in [-0.25, -0.2) is 0 Å². The molecule has 0 saturated carbocycles. The van der Waals surface area contributed by atoms with E-state index < -0.39 is 0 Å². The lowest BCUT2D eigenvalue weighted by atomic mass is 10.1. The molecule has 0 amide bonds. The average Bonchev–Trinajstić information content (AvgIpc) is 2.19. The Morgan fingerprint density at radius 1 is 1.31 bits per heavy atom. The zero-order valence-electron chi connectivity index (χ0n) is 8.22. The van der Waals surface area contributed by atoms with Crippen LogP contribution in [-0.2, 0) is 13.0 Å². The highest BCUT2D eigenvalue weighted by atomic mass is 14.8. The zero-order valence-corrected chi connectivity index (χ0v) is 8.22. The van der Waals surface area contributed by atoms with Crippen LogP contribution in [-0.4, -0.2) is 6.54 Å². The van der Waals surface area contributed by atoms with Crippen LogP contribution in [0.25, 0.3) is 0 Å². The second kappa shape index (κ2) is 5.55. The van der Waals surface area contributed by atoms with E-state index in [0.717, 1.165) is 19.5 Å². The predicted octanol–water partition coefficient (Wildman–Crippen LogP) is 2.52. The maximum Gasteiger partial charge on any atom is 0.0211 e. The standard InChI is InChI=1S/C12H17N/c1-3-9-13-10-12-8-6-5-7-11(12)4-2/h3,5-8,13H,1,4,9-10H2,2H3. The first kappa shape index (κ1) is 10.0. The minimum absolute atomic E-state index is 0.873. The maximum absolute atomic E-state index is 3.67. The summed E-state index contributed by atoms with van der Waals surface area (Å²) in [5.41, 5.74) is 2.82. The molecule has 0 unspecified atom stereocenters. The molecule has 1 N–H and O–H groups in total. The fourth-order valence-corrected chi connectivity index (χ4v) is 1.38. The van der Waals surface area contributed by atoms with E-state index in [1.54, 1.807) is 0 Å². The van der Waals surface area contributed by atoms with Crippen molar-refractivity contribution in [2.75, 3.05) is 6.54 Å². The van der Waals surface area contributed by atoms with Crippen molar-refractivity contribution < 1.29 is 0 Å². The van der Waals surface area contributed by atoms with Gasteiger partial charge in [-0.2, -0.15) is 0 Å². The molecule has 0 heterocycles. The molecule has 13 heavy (non-hydrogen) atoms. The van der Waals surface area contributed by atoms with Gasteiger partial charge in [-0.1, -0.05) is 37.3 Å². The Kier molecular flexibility index (Phi) is 4.27. The quantitative estimate of drug-likeness (QED) is 0.535. The third-order valence-corrected chi connectivity index (χ3v) is 2.10. The molecule has 0 radical (unpaired) electrons. The highest BCUT2D eigenvalue weighted by Crippen LogP contribution is 2.08. The second-order valence-electron chi connectivity index (χ2n) is 3.04. The number of hydrogen-bond donors (Lipinski definition) is 1. The van der Waals surface area contributed by atoms with E-state index in [2.05, 4.69) is 43.1 Å². The summed E-state index contributed by atoms with van der Waals surface area (Å²) in [5, 5.41) is 3.31. The molecule has 0 aliphatic heterocycles. The monoisotopic (exact) mass is 175 g/mol. The minimum atomic E-state index is 0.873. The first-order chi connectivity index (χ1) is 6.38. The van der Waals surface area contributed by atoms with Gasteiger partial charge >= 0.3 is 0 Å². The summed E-state index contributed by atoms with van der Waals surface area (Å²) in [7, 11) is 0. The van der Waals surface area contributed by atoms with Crippen LogP contribution in [0, 0.1) is 0 Å². The first-order valence-electron chi connectivity index (χ1n) is 4.77. The topological polar surface area (TPSA) is 12.0 Å². The summed E-state index contributed by atoms with van der Waals surface area (Å²) in [6.07, 6.45) is 2.99. The van der Waals surface area contributed by atoms with Gasteiger partial charge in [0.2, 0.25) is 0 Å². The number of rotatable bonds is 5. The van der Waals surface area contributed by atoms with Crippen molar-refractivity contribution in [2.45, 2.75) is 19.9 Å². The lowest BCUT2D eigenvalue weighted by Crippen LogP contribution is -2.13. The lowest BCUT2D eigenvalue weighted by Gasteiger charge is -2.07. The Labute approximate surface area is 80.5 Å². The Morgan fingerprint density at radius 2 is 2.00 bits per heavy atom. The van der Waals surface area contributed by atoms with Crippen LogP contribution in [0.2, 0.25) is 0 Å². The number of aryl methyl sites for hydroxylation is 1. The molecule has 1 aromatic rings. The fraction of sp³-hybridized carbons (Fsp3) is 0.333. The molecule has 1 heteroatoms. The summed E-state index contributed by atoms with van der Waals surface area (Å²) in [6.45, 7) is 7.67. The van der Waals surface area contributed by atoms with Gasteiger partial charge in [-0.15, -0.1) is 6.58 Å². The molecule has 1 nitrogen and oxygen atoms in total. The lowest BCUT2D eigenvalue weighted by molar-refractivity contribution is 0.752. The van der Waals surface area contributed by atoms with Crippen LogP contribution in [0.5, 0.6) is 0 Å². The number of hydrogen-bond acceptors (Lipinski definition) is 1. The normalized spacial score (nSPS) is 9.92. The molecule has 0 fully saturated rings. The molecule has 0 aliphatic rings. The molecule has 0 bridgehead atoms. The summed E-state index contributed by atoms with van der Waals surface area (Å²) in [6, 6.07) is 8.54. The Bertz CT molecular complexity index is 266. The zero-order chi connectivity index (χ0) is 9.52. The summed E-state index contributed by atoms with van der Waals surface area (Å²) >= 11 is 0. The van der Waals surface area contributed by atoms with E-state index >= 15 is 0 Å². The smallest absolute Gasteiger partial charge is 0.0211 e. The van der Waals surface area contributed by atoms with Crippen molar-refractivity contribution in [1.29, 1.82) is 0 Å².